The fourth-order valence-corrected chi connectivity index (χ4v) is 0.156. The zero-order valence-electron chi connectivity index (χ0n) is 6.91. The third kappa shape index (κ3) is 13.4. The van der Waals surface area contributed by atoms with E-state index in [4.69, 9.17) is 10.4 Å². The lowest BCUT2D eigenvalue weighted by molar-refractivity contribution is -0.875. The predicted molar refractivity (Wildman–Crippen MR) is 23.8 cm³/mol. The fraction of sp³-hybridized carbons (Fsp3) is 1.00. The molecule has 0 aliphatic carbocycles. The van der Waals surface area contributed by atoms with Gasteiger partial charge in [-0.05, 0) is 60.5 Å². The summed E-state index contributed by atoms with van der Waals surface area (Å²) in [4.78, 5) is 3.71. The van der Waals surface area contributed by atoms with Gasteiger partial charge in [-0.1, -0.05) is 0 Å². The first-order valence-electron chi connectivity index (χ1n) is 2.79. The molecule has 0 aromatic heterocycles. The normalized spacial score (nSPS) is 10.9. The van der Waals surface area contributed by atoms with Gasteiger partial charge in [0.05, 0.1) is 0 Å². The summed E-state index contributed by atoms with van der Waals surface area (Å²) >= 11 is 0. The Balaban J connectivity index is 2.83. The van der Waals surface area contributed by atoms with E-state index in [1.54, 1.807) is 0 Å². The smallest absolute Gasteiger partial charge is 0.181 e. The summed E-state index contributed by atoms with van der Waals surface area (Å²) in [7, 11) is 0. The standard InChI is InChI=1S/CH4O15/c2-1-4-6-8-10-12-14-16-15-13-11-9-7-5-3/h2-3H,1H2. The van der Waals surface area contributed by atoms with Gasteiger partial charge < -0.3 is 5.11 Å². The van der Waals surface area contributed by atoms with E-state index in [0.29, 0.717) is 0 Å². The van der Waals surface area contributed by atoms with Crippen LogP contribution in [0.2, 0.25) is 0 Å². The average Bonchev–Trinajstić information content (AvgIpc) is 2.31. The minimum Gasteiger partial charge on any atom is -0.368 e. The van der Waals surface area contributed by atoms with Crippen LogP contribution in [0.4, 0.5) is 0 Å². The summed E-state index contributed by atoms with van der Waals surface area (Å²) in [6.07, 6.45) is 0. The number of aliphatic hydroxyl groups excluding tert-OH is 1. The van der Waals surface area contributed by atoms with Crippen molar-refractivity contribution in [3.05, 3.63) is 0 Å². The zero-order valence-corrected chi connectivity index (χ0v) is 6.91. The Kier molecular flexibility index (Phi) is 13.9. The van der Waals surface area contributed by atoms with Crippen LogP contribution in [0.15, 0.2) is 0 Å². The first-order valence-corrected chi connectivity index (χ1v) is 2.79. The van der Waals surface area contributed by atoms with Gasteiger partial charge in [0.25, 0.3) is 0 Å². The van der Waals surface area contributed by atoms with Gasteiger partial charge in [-0.15, -0.1) is 0 Å². The van der Waals surface area contributed by atoms with E-state index in [1.807, 2.05) is 0 Å². The summed E-state index contributed by atoms with van der Waals surface area (Å²) in [5, 5.41) is 56.1. The molecule has 0 amide bonds. The molecule has 0 spiro atoms. The zero-order chi connectivity index (χ0) is 11.9. The van der Waals surface area contributed by atoms with Crippen LogP contribution in [0.1, 0.15) is 0 Å². The quantitative estimate of drug-likeness (QED) is 0.171. The topological polar surface area (TPSA) is 160 Å². The molecule has 15 nitrogen and oxygen atoms in total. The first kappa shape index (κ1) is 15.4. The summed E-state index contributed by atoms with van der Waals surface area (Å²) in [6, 6.07) is 0. The molecule has 0 bridgehead atoms. The minimum absolute atomic E-state index is 0.797. The number of aliphatic hydroxyl groups is 1. The van der Waals surface area contributed by atoms with Gasteiger partial charge in [-0.25, -0.2) is 5.26 Å². The lowest BCUT2D eigenvalue weighted by Crippen LogP contribution is -2.04. The highest BCUT2D eigenvalue weighted by molar-refractivity contribution is 3.61. The maximum absolute atomic E-state index is 7.95. The van der Waals surface area contributed by atoms with E-state index >= 15 is 0 Å². The van der Waals surface area contributed by atoms with Gasteiger partial charge in [0.1, 0.15) is 0 Å². The molecule has 0 rings (SSSR count). The molecule has 2 N–H and O–H groups in total. The van der Waals surface area contributed by atoms with Crippen molar-refractivity contribution in [2.75, 3.05) is 6.79 Å². The highest BCUT2D eigenvalue weighted by atomic mass is 18.0. The van der Waals surface area contributed by atoms with E-state index in [-0.39, 0.29) is 0 Å². The highest BCUT2D eigenvalue weighted by Crippen LogP contribution is 1.90. The van der Waals surface area contributed by atoms with Crippen molar-refractivity contribution in [3.63, 3.8) is 0 Å². The summed E-state index contributed by atoms with van der Waals surface area (Å²) in [5.41, 5.74) is 0. The van der Waals surface area contributed by atoms with Crippen molar-refractivity contribution in [3.8, 4) is 0 Å². The molecule has 0 aromatic rings. The molecule has 0 radical (unpaired) electrons. The van der Waals surface area contributed by atoms with E-state index in [9.17, 15) is 0 Å². The molecule has 16 heavy (non-hydrogen) atoms. The molecule has 0 aliphatic heterocycles. The lowest BCUT2D eigenvalue weighted by Gasteiger charge is -1.98. The van der Waals surface area contributed by atoms with E-state index in [0.717, 1.165) is 0 Å². The van der Waals surface area contributed by atoms with Crippen molar-refractivity contribution in [1.82, 2.24) is 0 Å². The summed E-state index contributed by atoms with van der Waals surface area (Å²) < 4.78 is 0. The SMILES string of the molecule is OCOOOOOOOOOOOOOO. The molecule has 0 unspecified atom stereocenters. The predicted octanol–water partition coefficient (Wildman–Crippen LogP) is -1.40. The third-order valence-corrected chi connectivity index (χ3v) is 0.409. The third-order valence-electron chi connectivity index (χ3n) is 0.409. The van der Waals surface area contributed by atoms with Crippen molar-refractivity contribution in [2.45, 2.75) is 0 Å². The van der Waals surface area contributed by atoms with Gasteiger partial charge in [0.15, 0.2) is 6.79 Å². The molecule has 0 saturated heterocycles. The van der Waals surface area contributed by atoms with Crippen molar-refractivity contribution in [1.29, 1.82) is 0 Å². The fourth-order valence-electron chi connectivity index (χ4n) is 0.156. The summed E-state index contributed by atoms with van der Waals surface area (Å²) in [6.45, 7) is -0.797. The van der Waals surface area contributed by atoms with Crippen LogP contribution in [0, 0.1) is 0 Å². The van der Waals surface area contributed by atoms with Gasteiger partial charge in [0.2, 0.25) is 0 Å². The maximum atomic E-state index is 7.95. The second-order valence-electron chi connectivity index (χ2n) is 1.07. The Hall–Kier alpha value is -0.600. The molecule has 0 saturated carbocycles. The molecular weight excluding hydrogens is 252 g/mol. The Morgan fingerprint density at radius 1 is 0.562 bits per heavy atom. The van der Waals surface area contributed by atoms with E-state index < -0.39 is 6.79 Å². The molecule has 15 heteroatoms. The first-order chi connectivity index (χ1) is 7.91. The van der Waals surface area contributed by atoms with Crippen LogP contribution in [0.5, 0.6) is 0 Å². The van der Waals surface area contributed by atoms with Crippen LogP contribution < -0.4 is 0 Å². The summed E-state index contributed by atoms with van der Waals surface area (Å²) in [5.74, 6) is 0. The molecule has 0 aliphatic rings. The maximum Gasteiger partial charge on any atom is 0.181 e. The molecule has 0 heterocycles. The van der Waals surface area contributed by atoms with Gasteiger partial charge in [0, 0.05) is 0 Å². The number of hydrogen-bond donors (Lipinski definition) is 2. The largest absolute Gasteiger partial charge is 0.368 e. The lowest BCUT2D eigenvalue weighted by atomic mass is 11.5. The van der Waals surface area contributed by atoms with Crippen LogP contribution in [-0.4, -0.2) is 17.2 Å². The van der Waals surface area contributed by atoms with Gasteiger partial charge >= 0.3 is 0 Å². The monoisotopic (exact) mass is 256 g/mol. The van der Waals surface area contributed by atoms with E-state index in [2.05, 4.69) is 65.3 Å². The van der Waals surface area contributed by atoms with Crippen LogP contribution in [-0.2, 0) is 65.3 Å². The Bertz CT molecular complexity index is 98.0. The average molecular weight is 256 g/mol. The Morgan fingerprint density at radius 3 is 1.31 bits per heavy atom. The second-order valence-corrected chi connectivity index (χ2v) is 1.07. The van der Waals surface area contributed by atoms with Crippen molar-refractivity contribution < 1.29 is 75.7 Å². The second kappa shape index (κ2) is 14.4. The van der Waals surface area contributed by atoms with Crippen LogP contribution in [0.25, 0.3) is 0 Å². The molecular formula is CH4O15. The number of hydrogen-bond acceptors (Lipinski definition) is 15. The molecule has 0 aromatic carbocycles. The minimum atomic E-state index is -0.797. The Labute approximate surface area is 83.9 Å². The number of rotatable bonds is 13. The van der Waals surface area contributed by atoms with E-state index in [1.165, 1.54) is 0 Å². The van der Waals surface area contributed by atoms with Gasteiger partial charge in [-0.2, -0.15) is 4.89 Å². The van der Waals surface area contributed by atoms with Crippen LogP contribution >= 0.6 is 0 Å². The van der Waals surface area contributed by atoms with Crippen molar-refractivity contribution in [2.24, 2.45) is 0 Å². The Morgan fingerprint density at radius 2 is 0.938 bits per heavy atom. The van der Waals surface area contributed by atoms with Crippen LogP contribution in [0.3, 0.4) is 0 Å². The molecule has 0 fully saturated rings. The highest BCUT2D eigenvalue weighted by Gasteiger charge is 1.97. The van der Waals surface area contributed by atoms with Gasteiger partial charge in [-0.3, -0.25) is 0 Å². The molecule has 0 atom stereocenters. The van der Waals surface area contributed by atoms with Crippen molar-refractivity contribution >= 4 is 0 Å². The molecule has 98 valence electrons.